The van der Waals surface area contributed by atoms with Gasteiger partial charge in [0.2, 0.25) is 5.91 Å². The van der Waals surface area contributed by atoms with Gasteiger partial charge in [-0.1, -0.05) is 31.0 Å². The van der Waals surface area contributed by atoms with E-state index in [2.05, 4.69) is 22.1 Å². The predicted molar refractivity (Wildman–Crippen MR) is 91.1 cm³/mol. The molecule has 0 N–H and O–H groups in total. The Labute approximate surface area is 146 Å². The standard InChI is InChI=1S/C17H21N5OS/c1-12-14(9-18)16(21-13(2)20-12)24-10-15(23)22(3)17(11-19)7-5-4-6-8-17/h4-8,10H2,1-3H3. The van der Waals surface area contributed by atoms with Crippen LogP contribution in [-0.2, 0) is 4.79 Å². The highest BCUT2D eigenvalue weighted by Gasteiger charge is 2.38. The molecular formula is C17H21N5OS. The fourth-order valence-corrected chi connectivity index (χ4v) is 4.03. The summed E-state index contributed by atoms with van der Waals surface area (Å²) in [6.07, 6.45) is 4.52. The molecule has 0 bridgehead atoms. The van der Waals surface area contributed by atoms with Gasteiger partial charge in [0.15, 0.2) is 0 Å². The largest absolute Gasteiger partial charge is 0.326 e. The summed E-state index contributed by atoms with van der Waals surface area (Å²) in [6.45, 7) is 3.52. The minimum atomic E-state index is -0.689. The zero-order valence-corrected chi connectivity index (χ0v) is 15.1. The molecule has 0 saturated heterocycles. The Hall–Kier alpha value is -2.12. The number of nitriles is 2. The third-order valence-electron chi connectivity index (χ3n) is 4.52. The number of hydrogen-bond donors (Lipinski definition) is 0. The fourth-order valence-electron chi connectivity index (χ4n) is 3.04. The molecule has 0 aromatic carbocycles. The van der Waals surface area contributed by atoms with Crippen LogP contribution in [0.3, 0.4) is 0 Å². The molecule has 0 spiro atoms. The maximum atomic E-state index is 12.6. The summed E-state index contributed by atoms with van der Waals surface area (Å²) >= 11 is 1.24. The van der Waals surface area contributed by atoms with Gasteiger partial charge in [-0.2, -0.15) is 10.5 Å². The minimum absolute atomic E-state index is 0.110. The van der Waals surface area contributed by atoms with E-state index >= 15 is 0 Å². The molecule has 126 valence electrons. The van der Waals surface area contributed by atoms with Crippen LogP contribution < -0.4 is 0 Å². The first-order valence-corrected chi connectivity index (χ1v) is 8.98. The highest BCUT2D eigenvalue weighted by atomic mass is 32.2. The Balaban J connectivity index is 2.11. The highest BCUT2D eigenvalue weighted by Crippen LogP contribution is 2.33. The van der Waals surface area contributed by atoms with Crippen LogP contribution >= 0.6 is 11.8 Å². The average Bonchev–Trinajstić information content (AvgIpc) is 2.59. The van der Waals surface area contributed by atoms with Crippen LogP contribution in [0.25, 0.3) is 0 Å². The first kappa shape index (κ1) is 18.2. The molecule has 0 atom stereocenters. The van der Waals surface area contributed by atoms with E-state index in [1.54, 1.807) is 25.8 Å². The Bertz CT molecular complexity index is 713. The Morgan fingerprint density at radius 2 is 1.92 bits per heavy atom. The summed E-state index contributed by atoms with van der Waals surface area (Å²) in [4.78, 5) is 22.6. The van der Waals surface area contributed by atoms with Gasteiger partial charge >= 0.3 is 0 Å². The van der Waals surface area contributed by atoms with Crippen LogP contribution in [0.1, 0.15) is 49.2 Å². The van der Waals surface area contributed by atoms with Crippen molar-refractivity contribution >= 4 is 17.7 Å². The molecule has 2 rings (SSSR count). The fraction of sp³-hybridized carbons (Fsp3) is 0.588. The number of hydrogen-bond acceptors (Lipinski definition) is 6. The third kappa shape index (κ3) is 3.68. The van der Waals surface area contributed by atoms with Crippen LogP contribution in [0.5, 0.6) is 0 Å². The molecule has 0 radical (unpaired) electrons. The molecule has 1 heterocycles. The minimum Gasteiger partial charge on any atom is -0.326 e. The number of nitrogens with zero attached hydrogens (tertiary/aromatic N) is 5. The van der Waals surface area contributed by atoms with Gasteiger partial charge in [0.25, 0.3) is 0 Å². The molecule has 6 nitrogen and oxygen atoms in total. The first-order chi connectivity index (χ1) is 11.4. The van der Waals surface area contributed by atoms with Gasteiger partial charge in [-0.3, -0.25) is 4.79 Å². The zero-order valence-electron chi connectivity index (χ0n) is 14.3. The number of carbonyl (C=O) groups is 1. The van der Waals surface area contributed by atoms with E-state index in [-0.39, 0.29) is 11.7 Å². The molecule has 1 aliphatic carbocycles. The molecule has 1 amide bonds. The summed E-state index contributed by atoms with van der Waals surface area (Å²) < 4.78 is 0. The number of carbonyl (C=O) groups excluding carboxylic acids is 1. The zero-order chi connectivity index (χ0) is 17.7. The lowest BCUT2D eigenvalue weighted by atomic mass is 9.81. The second-order valence-corrected chi connectivity index (χ2v) is 7.06. The van der Waals surface area contributed by atoms with Gasteiger partial charge in [0.05, 0.1) is 17.5 Å². The molecule has 1 aliphatic rings. The summed E-state index contributed by atoms with van der Waals surface area (Å²) in [5.41, 5.74) is 0.341. The number of aromatic nitrogens is 2. The molecule has 1 fully saturated rings. The van der Waals surface area contributed by atoms with E-state index in [0.717, 1.165) is 32.1 Å². The maximum absolute atomic E-state index is 12.6. The SMILES string of the molecule is Cc1nc(C)c(C#N)c(SCC(=O)N(C)C2(C#N)CCCCC2)n1. The van der Waals surface area contributed by atoms with Gasteiger partial charge in [-0.05, 0) is 26.7 Å². The molecule has 0 unspecified atom stereocenters. The van der Waals surface area contributed by atoms with Gasteiger partial charge in [0, 0.05) is 7.05 Å². The summed E-state index contributed by atoms with van der Waals surface area (Å²) in [6, 6.07) is 4.46. The van der Waals surface area contributed by atoms with E-state index < -0.39 is 5.54 Å². The predicted octanol–water partition coefficient (Wildman–Crippen LogP) is 2.74. The van der Waals surface area contributed by atoms with Crippen molar-refractivity contribution in [2.24, 2.45) is 0 Å². The van der Waals surface area contributed by atoms with Crippen molar-refractivity contribution in [3.05, 3.63) is 17.1 Å². The van der Waals surface area contributed by atoms with E-state index in [1.807, 2.05) is 0 Å². The van der Waals surface area contributed by atoms with Crippen molar-refractivity contribution in [1.82, 2.24) is 14.9 Å². The Kier molecular flexibility index (Phi) is 5.80. The molecule has 1 aromatic rings. The van der Waals surface area contributed by atoms with Crippen LogP contribution in [-0.4, -0.2) is 39.1 Å². The van der Waals surface area contributed by atoms with Crippen molar-refractivity contribution in [3.8, 4) is 12.1 Å². The molecular weight excluding hydrogens is 322 g/mol. The highest BCUT2D eigenvalue weighted by molar-refractivity contribution is 8.00. The molecule has 1 saturated carbocycles. The quantitative estimate of drug-likeness (QED) is 0.616. The van der Waals surface area contributed by atoms with Crippen LogP contribution in [0.2, 0.25) is 0 Å². The normalized spacial score (nSPS) is 16.0. The second kappa shape index (κ2) is 7.63. The summed E-state index contributed by atoms with van der Waals surface area (Å²) in [5, 5.41) is 19.4. The first-order valence-electron chi connectivity index (χ1n) is 7.99. The van der Waals surface area contributed by atoms with E-state index in [0.29, 0.717) is 22.1 Å². The lowest BCUT2D eigenvalue weighted by Gasteiger charge is -2.39. The summed E-state index contributed by atoms with van der Waals surface area (Å²) in [5.74, 6) is 0.627. The van der Waals surface area contributed by atoms with E-state index in [1.165, 1.54) is 11.8 Å². The van der Waals surface area contributed by atoms with Gasteiger partial charge in [-0.15, -0.1) is 0 Å². The van der Waals surface area contributed by atoms with Crippen molar-refractivity contribution in [2.75, 3.05) is 12.8 Å². The van der Waals surface area contributed by atoms with Crippen molar-refractivity contribution in [3.63, 3.8) is 0 Å². The topological polar surface area (TPSA) is 93.7 Å². The van der Waals surface area contributed by atoms with Gasteiger partial charge in [0.1, 0.15) is 28.0 Å². The molecule has 0 aliphatic heterocycles. The number of rotatable bonds is 4. The van der Waals surface area contributed by atoms with Crippen LogP contribution in [0.4, 0.5) is 0 Å². The van der Waals surface area contributed by atoms with Crippen molar-refractivity contribution < 1.29 is 4.79 Å². The lowest BCUT2D eigenvalue weighted by Crippen LogP contribution is -2.50. The second-order valence-electron chi connectivity index (χ2n) is 6.09. The Morgan fingerprint density at radius 3 is 2.50 bits per heavy atom. The number of aryl methyl sites for hydroxylation is 2. The molecule has 1 aromatic heterocycles. The van der Waals surface area contributed by atoms with E-state index in [4.69, 9.17) is 0 Å². The van der Waals surface area contributed by atoms with Crippen molar-refractivity contribution in [1.29, 1.82) is 10.5 Å². The van der Waals surface area contributed by atoms with Crippen molar-refractivity contribution in [2.45, 2.75) is 56.5 Å². The molecule has 7 heteroatoms. The molecule has 24 heavy (non-hydrogen) atoms. The average molecular weight is 343 g/mol. The maximum Gasteiger partial charge on any atom is 0.234 e. The van der Waals surface area contributed by atoms with Crippen LogP contribution in [0, 0.1) is 36.5 Å². The number of amides is 1. The summed E-state index contributed by atoms with van der Waals surface area (Å²) in [7, 11) is 1.71. The monoisotopic (exact) mass is 343 g/mol. The number of thioether (sulfide) groups is 1. The van der Waals surface area contributed by atoms with Gasteiger partial charge in [-0.25, -0.2) is 9.97 Å². The Morgan fingerprint density at radius 1 is 1.25 bits per heavy atom. The lowest BCUT2D eigenvalue weighted by molar-refractivity contribution is -0.131. The van der Waals surface area contributed by atoms with Gasteiger partial charge < -0.3 is 4.90 Å². The third-order valence-corrected chi connectivity index (χ3v) is 5.48. The smallest absolute Gasteiger partial charge is 0.234 e. The van der Waals surface area contributed by atoms with E-state index in [9.17, 15) is 15.3 Å². The van der Waals surface area contributed by atoms with Crippen LogP contribution in [0.15, 0.2) is 5.03 Å².